The number of nitrogens with zero attached hydrogens (tertiary/aromatic N) is 5. The molecule has 33 heavy (non-hydrogen) atoms. The Kier molecular flexibility index (Phi) is 5.33. The summed E-state index contributed by atoms with van der Waals surface area (Å²) in [6.07, 6.45) is 1.75. The molecule has 1 amide bonds. The SMILES string of the molecule is CNC(=O)c1ccc(N2CCN(Cc3ccc4c(c3)[nH]c(=O)c3cn(C)nc34)CC2)c(C)n1. The predicted molar refractivity (Wildman–Crippen MR) is 129 cm³/mol. The Hall–Kier alpha value is -3.72. The van der Waals surface area contributed by atoms with Crippen molar-refractivity contribution in [1.82, 2.24) is 30.0 Å². The van der Waals surface area contributed by atoms with Gasteiger partial charge in [-0.25, -0.2) is 4.98 Å². The Labute approximate surface area is 191 Å². The van der Waals surface area contributed by atoms with Crippen LogP contribution in [0, 0.1) is 6.92 Å². The largest absolute Gasteiger partial charge is 0.368 e. The Morgan fingerprint density at radius 2 is 1.91 bits per heavy atom. The standard InChI is InChI=1S/C24H27N7O2/c1-15-21(7-6-19(26-15)24(33)25-2)31-10-8-30(9-11-31)13-16-4-5-17-20(12-16)27-23(32)18-14-29(3)28-22(17)18/h4-7,12,14H,8-11,13H2,1-3H3,(H,25,33)(H,27,32). The number of amides is 1. The summed E-state index contributed by atoms with van der Waals surface area (Å²) in [6, 6.07) is 9.99. The van der Waals surface area contributed by atoms with Gasteiger partial charge in [-0.3, -0.25) is 19.2 Å². The lowest BCUT2D eigenvalue weighted by molar-refractivity contribution is 0.0958. The van der Waals surface area contributed by atoms with Gasteiger partial charge < -0.3 is 15.2 Å². The number of aromatic nitrogens is 4. The van der Waals surface area contributed by atoms with Gasteiger partial charge in [-0.1, -0.05) is 12.1 Å². The molecule has 0 bridgehead atoms. The van der Waals surface area contributed by atoms with Crippen LogP contribution >= 0.6 is 0 Å². The number of carbonyl (C=O) groups is 1. The van der Waals surface area contributed by atoms with E-state index in [0.29, 0.717) is 11.1 Å². The van der Waals surface area contributed by atoms with Crippen LogP contribution in [-0.2, 0) is 13.6 Å². The van der Waals surface area contributed by atoms with E-state index in [4.69, 9.17) is 0 Å². The summed E-state index contributed by atoms with van der Waals surface area (Å²) in [5, 5.41) is 8.65. The fourth-order valence-electron chi connectivity index (χ4n) is 4.59. The van der Waals surface area contributed by atoms with Gasteiger partial charge in [0, 0.05) is 58.4 Å². The number of hydrogen-bond donors (Lipinski definition) is 2. The number of H-pyrrole nitrogens is 1. The topological polar surface area (TPSA) is 99.2 Å². The first-order valence-electron chi connectivity index (χ1n) is 11.1. The molecule has 9 nitrogen and oxygen atoms in total. The van der Waals surface area contributed by atoms with Gasteiger partial charge in [0.1, 0.15) is 11.2 Å². The molecule has 0 radical (unpaired) electrons. The van der Waals surface area contributed by atoms with Crippen LogP contribution < -0.4 is 15.8 Å². The molecule has 0 atom stereocenters. The lowest BCUT2D eigenvalue weighted by atomic mass is 10.1. The number of aromatic amines is 1. The molecule has 0 spiro atoms. The fraction of sp³-hybridized carbons (Fsp3) is 0.333. The number of piperazine rings is 1. The molecule has 2 N–H and O–H groups in total. The molecule has 4 heterocycles. The molecule has 5 rings (SSSR count). The van der Waals surface area contributed by atoms with Crippen molar-refractivity contribution in [2.45, 2.75) is 13.5 Å². The van der Waals surface area contributed by atoms with Crippen molar-refractivity contribution in [3.63, 3.8) is 0 Å². The minimum atomic E-state index is -0.171. The summed E-state index contributed by atoms with van der Waals surface area (Å²) in [7, 11) is 3.44. The number of rotatable bonds is 4. The summed E-state index contributed by atoms with van der Waals surface area (Å²) in [6.45, 7) is 6.39. The molecule has 0 saturated carbocycles. The molecule has 1 aromatic carbocycles. The van der Waals surface area contributed by atoms with Gasteiger partial charge in [0.25, 0.3) is 11.5 Å². The molecule has 0 aliphatic carbocycles. The molecule has 1 saturated heterocycles. The van der Waals surface area contributed by atoms with Crippen molar-refractivity contribution < 1.29 is 4.79 Å². The van der Waals surface area contributed by atoms with Crippen molar-refractivity contribution in [3.8, 4) is 0 Å². The van der Waals surface area contributed by atoms with E-state index in [0.717, 1.165) is 66.1 Å². The fourth-order valence-corrected chi connectivity index (χ4v) is 4.59. The third kappa shape index (κ3) is 3.95. The van der Waals surface area contributed by atoms with Gasteiger partial charge >= 0.3 is 0 Å². The third-order valence-corrected chi connectivity index (χ3v) is 6.30. The van der Waals surface area contributed by atoms with E-state index >= 15 is 0 Å². The Morgan fingerprint density at radius 3 is 2.64 bits per heavy atom. The molecule has 1 aliphatic heterocycles. The van der Waals surface area contributed by atoms with Crippen LogP contribution in [0.4, 0.5) is 5.69 Å². The number of pyridine rings is 2. The Bertz CT molecular complexity index is 1410. The van der Waals surface area contributed by atoms with Gasteiger partial charge in [0.05, 0.1) is 22.3 Å². The number of aryl methyl sites for hydroxylation is 2. The average Bonchev–Trinajstić information content (AvgIpc) is 3.21. The van der Waals surface area contributed by atoms with Crippen LogP contribution in [0.15, 0.2) is 41.3 Å². The van der Waals surface area contributed by atoms with Gasteiger partial charge in [-0.15, -0.1) is 0 Å². The minimum absolute atomic E-state index is 0.109. The van der Waals surface area contributed by atoms with Crippen molar-refractivity contribution >= 4 is 33.4 Å². The minimum Gasteiger partial charge on any atom is -0.368 e. The maximum atomic E-state index is 12.4. The maximum Gasteiger partial charge on any atom is 0.269 e. The molecule has 9 heteroatoms. The van der Waals surface area contributed by atoms with Crippen LogP contribution in [0.2, 0.25) is 0 Å². The second-order valence-electron chi connectivity index (χ2n) is 8.54. The molecule has 1 fully saturated rings. The molecule has 170 valence electrons. The second kappa shape index (κ2) is 8.32. The molecular formula is C24H27N7O2. The van der Waals surface area contributed by atoms with Gasteiger partial charge in [0.15, 0.2) is 0 Å². The van der Waals surface area contributed by atoms with Gasteiger partial charge in [-0.2, -0.15) is 5.10 Å². The zero-order valence-corrected chi connectivity index (χ0v) is 19.1. The van der Waals surface area contributed by atoms with Crippen LogP contribution in [0.5, 0.6) is 0 Å². The Balaban J connectivity index is 1.29. The van der Waals surface area contributed by atoms with E-state index in [1.807, 2.05) is 20.0 Å². The highest BCUT2D eigenvalue weighted by Crippen LogP contribution is 2.23. The quantitative estimate of drug-likeness (QED) is 0.497. The van der Waals surface area contributed by atoms with Crippen LogP contribution in [0.1, 0.15) is 21.7 Å². The van der Waals surface area contributed by atoms with Crippen molar-refractivity contribution in [3.05, 3.63) is 63.8 Å². The first-order chi connectivity index (χ1) is 15.9. The number of anilines is 1. The van der Waals surface area contributed by atoms with E-state index < -0.39 is 0 Å². The first-order valence-corrected chi connectivity index (χ1v) is 11.1. The molecule has 4 aromatic rings. The van der Waals surface area contributed by atoms with Crippen molar-refractivity contribution in [1.29, 1.82) is 0 Å². The second-order valence-corrected chi connectivity index (χ2v) is 8.54. The maximum absolute atomic E-state index is 12.4. The predicted octanol–water partition coefficient (Wildman–Crippen LogP) is 1.80. The number of fused-ring (bicyclic) bond motifs is 3. The van der Waals surface area contributed by atoms with Crippen molar-refractivity contribution in [2.24, 2.45) is 7.05 Å². The van der Waals surface area contributed by atoms with Gasteiger partial charge in [0.2, 0.25) is 0 Å². The zero-order valence-electron chi connectivity index (χ0n) is 19.1. The number of carbonyl (C=O) groups excluding carboxylic acids is 1. The highest BCUT2D eigenvalue weighted by molar-refractivity contribution is 6.02. The first kappa shape index (κ1) is 21.1. The van der Waals surface area contributed by atoms with E-state index in [2.05, 4.69) is 48.4 Å². The highest BCUT2D eigenvalue weighted by Gasteiger charge is 2.20. The van der Waals surface area contributed by atoms with E-state index in [9.17, 15) is 9.59 Å². The normalized spacial score (nSPS) is 14.8. The monoisotopic (exact) mass is 445 g/mol. The van der Waals surface area contributed by atoms with E-state index in [1.165, 1.54) is 0 Å². The summed E-state index contributed by atoms with van der Waals surface area (Å²) < 4.78 is 1.68. The van der Waals surface area contributed by atoms with E-state index in [1.54, 1.807) is 24.0 Å². The summed E-state index contributed by atoms with van der Waals surface area (Å²) in [5.74, 6) is -0.171. The summed E-state index contributed by atoms with van der Waals surface area (Å²) >= 11 is 0. The molecule has 1 aliphatic rings. The third-order valence-electron chi connectivity index (χ3n) is 6.30. The lowest BCUT2D eigenvalue weighted by Gasteiger charge is -2.36. The van der Waals surface area contributed by atoms with Gasteiger partial charge in [-0.05, 0) is 30.7 Å². The molecular weight excluding hydrogens is 418 g/mol. The highest BCUT2D eigenvalue weighted by atomic mass is 16.1. The smallest absolute Gasteiger partial charge is 0.269 e. The zero-order chi connectivity index (χ0) is 23.1. The van der Waals surface area contributed by atoms with Crippen molar-refractivity contribution in [2.75, 3.05) is 38.1 Å². The summed E-state index contributed by atoms with van der Waals surface area (Å²) in [4.78, 5) is 36.4. The average molecular weight is 446 g/mol. The number of nitrogens with one attached hydrogen (secondary N) is 2. The molecule has 0 unspecified atom stereocenters. The summed E-state index contributed by atoms with van der Waals surface area (Å²) in [5.41, 5.74) is 4.99. The van der Waals surface area contributed by atoms with Crippen LogP contribution in [0.25, 0.3) is 21.8 Å². The number of benzene rings is 1. The van der Waals surface area contributed by atoms with Crippen LogP contribution in [0.3, 0.4) is 0 Å². The molecule has 3 aromatic heterocycles. The Morgan fingerprint density at radius 1 is 1.12 bits per heavy atom. The van der Waals surface area contributed by atoms with Crippen LogP contribution in [-0.4, -0.2) is 63.8 Å². The number of hydrogen-bond acceptors (Lipinski definition) is 6. The van der Waals surface area contributed by atoms with E-state index in [-0.39, 0.29) is 11.5 Å². The lowest BCUT2D eigenvalue weighted by Crippen LogP contribution is -2.46.